The zero-order chi connectivity index (χ0) is 19.3. The fourth-order valence-electron chi connectivity index (χ4n) is 2.56. The van der Waals surface area contributed by atoms with Crippen LogP contribution in [0.4, 0.5) is 0 Å². The van der Waals surface area contributed by atoms with Crippen LogP contribution in [-0.4, -0.2) is 30.6 Å². The lowest BCUT2D eigenvalue weighted by molar-refractivity contribution is 0.121. The molecule has 0 saturated heterocycles. The van der Waals surface area contributed by atoms with Gasteiger partial charge in [-0.1, -0.05) is 48.9 Å². The number of hydrogen-bond donors (Lipinski definition) is 2. The summed E-state index contributed by atoms with van der Waals surface area (Å²) < 4.78 is 5.69. The predicted molar refractivity (Wildman–Crippen MR) is 112 cm³/mol. The van der Waals surface area contributed by atoms with Crippen molar-refractivity contribution >= 4 is 17.6 Å². The van der Waals surface area contributed by atoms with Gasteiger partial charge in [-0.15, -0.1) is 0 Å². The maximum Gasteiger partial charge on any atom is 0.191 e. The van der Waals surface area contributed by atoms with Gasteiger partial charge < -0.3 is 15.4 Å². The fraction of sp³-hybridized carbons (Fsp3) is 0.429. The molecule has 0 amide bonds. The summed E-state index contributed by atoms with van der Waals surface area (Å²) in [4.78, 5) is 8.83. The molecule has 1 aromatic heterocycles. The van der Waals surface area contributed by atoms with E-state index in [1.807, 2.05) is 24.3 Å². The Morgan fingerprint density at radius 3 is 2.63 bits per heavy atom. The number of pyridine rings is 1. The van der Waals surface area contributed by atoms with Crippen LogP contribution >= 0.6 is 11.6 Å². The molecule has 146 valence electrons. The quantitative estimate of drug-likeness (QED) is 0.280. The first-order chi connectivity index (χ1) is 13.2. The Morgan fingerprint density at radius 1 is 1.11 bits per heavy atom. The zero-order valence-corrected chi connectivity index (χ0v) is 16.9. The number of aliphatic imine (C=N–C) groups is 1. The van der Waals surface area contributed by atoms with Gasteiger partial charge in [0.05, 0.1) is 13.2 Å². The molecule has 0 aliphatic heterocycles. The van der Waals surface area contributed by atoms with E-state index in [0.717, 1.165) is 44.1 Å². The smallest absolute Gasteiger partial charge is 0.191 e. The van der Waals surface area contributed by atoms with Gasteiger partial charge in [-0.3, -0.25) is 0 Å². The van der Waals surface area contributed by atoms with Crippen LogP contribution in [0.3, 0.4) is 0 Å². The molecule has 0 radical (unpaired) electrons. The van der Waals surface area contributed by atoms with Crippen molar-refractivity contribution in [3.05, 3.63) is 64.4 Å². The Kier molecular flexibility index (Phi) is 9.66. The lowest BCUT2D eigenvalue weighted by Crippen LogP contribution is -2.38. The minimum atomic E-state index is 0.517. The Labute approximate surface area is 167 Å². The molecule has 0 aliphatic rings. The highest BCUT2D eigenvalue weighted by Gasteiger charge is 2.03. The van der Waals surface area contributed by atoms with Crippen LogP contribution in [0.5, 0.6) is 0 Å². The number of nitrogens with one attached hydrogen (secondary N) is 2. The van der Waals surface area contributed by atoms with Crippen molar-refractivity contribution in [3.63, 3.8) is 0 Å². The van der Waals surface area contributed by atoms with Crippen molar-refractivity contribution in [2.24, 2.45) is 4.99 Å². The van der Waals surface area contributed by atoms with E-state index in [0.29, 0.717) is 18.3 Å². The van der Waals surface area contributed by atoms with Crippen LogP contribution < -0.4 is 10.6 Å². The molecule has 0 aliphatic carbocycles. The summed E-state index contributed by atoms with van der Waals surface area (Å²) >= 11 is 5.82. The molecule has 1 heterocycles. The predicted octanol–water partition coefficient (Wildman–Crippen LogP) is 3.96. The number of aromatic nitrogens is 1. The molecule has 2 rings (SSSR count). The van der Waals surface area contributed by atoms with Gasteiger partial charge in [-0.25, -0.2) is 9.98 Å². The Balaban J connectivity index is 1.91. The van der Waals surface area contributed by atoms with Crippen molar-refractivity contribution in [2.75, 3.05) is 19.7 Å². The molecule has 1 aromatic carbocycles. The van der Waals surface area contributed by atoms with Crippen LogP contribution in [0.2, 0.25) is 5.15 Å². The molecule has 0 atom stereocenters. The molecule has 0 unspecified atom stereocenters. The van der Waals surface area contributed by atoms with Gasteiger partial charge in [-0.2, -0.15) is 0 Å². The van der Waals surface area contributed by atoms with Gasteiger partial charge in [-0.05, 0) is 42.5 Å². The minimum absolute atomic E-state index is 0.517. The normalized spacial score (nSPS) is 11.4. The Hall–Kier alpha value is -2.11. The van der Waals surface area contributed by atoms with Crippen molar-refractivity contribution in [1.82, 2.24) is 15.6 Å². The lowest BCUT2D eigenvalue weighted by atomic mass is 10.1. The topological polar surface area (TPSA) is 58.5 Å². The zero-order valence-electron chi connectivity index (χ0n) is 16.2. The molecular weight excluding hydrogens is 360 g/mol. The molecule has 2 aromatic rings. The highest BCUT2D eigenvalue weighted by molar-refractivity contribution is 6.29. The third-order valence-corrected chi connectivity index (χ3v) is 4.19. The van der Waals surface area contributed by atoms with E-state index in [2.05, 4.69) is 41.6 Å². The molecule has 2 N–H and O–H groups in total. The minimum Gasteiger partial charge on any atom is -0.377 e. The standard InChI is InChI=1S/C21H29ClN4O/c1-3-13-27-16-19-8-6-5-7-18(19)15-26-21(23-4-2)24-12-11-17-9-10-20(22)25-14-17/h5-10,14H,3-4,11-13,15-16H2,1-2H3,(H2,23,24,26). The maximum atomic E-state index is 5.82. The van der Waals surface area contributed by atoms with E-state index >= 15 is 0 Å². The average molecular weight is 389 g/mol. The summed E-state index contributed by atoms with van der Waals surface area (Å²) in [6.07, 6.45) is 3.69. The average Bonchev–Trinajstić information content (AvgIpc) is 2.68. The number of guanidine groups is 1. The first-order valence-electron chi connectivity index (χ1n) is 9.50. The van der Waals surface area contributed by atoms with E-state index in [1.54, 1.807) is 6.20 Å². The third kappa shape index (κ3) is 7.97. The van der Waals surface area contributed by atoms with Gasteiger partial charge in [0.1, 0.15) is 5.15 Å². The molecule has 0 fully saturated rings. The van der Waals surface area contributed by atoms with Crippen molar-refractivity contribution in [3.8, 4) is 0 Å². The van der Waals surface area contributed by atoms with Crippen molar-refractivity contribution in [1.29, 1.82) is 0 Å². The molecule has 0 saturated carbocycles. The van der Waals surface area contributed by atoms with Crippen LogP contribution in [0.15, 0.2) is 47.6 Å². The van der Waals surface area contributed by atoms with E-state index in [1.165, 1.54) is 11.1 Å². The summed E-state index contributed by atoms with van der Waals surface area (Å²) in [6, 6.07) is 12.1. The lowest BCUT2D eigenvalue weighted by Gasteiger charge is -2.12. The maximum absolute atomic E-state index is 5.82. The van der Waals surface area contributed by atoms with Gasteiger partial charge in [0, 0.05) is 25.9 Å². The number of nitrogens with zero attached hydrogens (tertiary/aromatic N) is 2. The molecule has 0 bridgehead atoms. The summed E-state index contributed by atoms with van der Waals surface area (Å²) in [6.45, 7) is 7.79. The van der Waals surface area contributed by atoms with Crippen LogP contribution in [-0.2, 0) is 24.3 Å². The van der Waals surface area contributed by atoms with Crippen LogP contribution in [0, 0.1) is 0 Å². The van der Waals surface area contributed by atoms with E-state index in [9.17, 15) is 0 Å². The number of hydrogen-bond acceptors (Lipinski definition) is 3. The van der Waals surface area contributed by atoms with Gasteiger partial charge >= 0.3 is 0 Å². The summed E-state index contributed by atoms with van der Waals surface area (Å²) in [5.74, 6) is 0.809. The number of halogens is 1. The highest BCUT2D eigenvalue weighted by Crippen LogP contribution is 2.12. The summed E-state index contributed by atoms with van der Waals surface area (Å²) in [5, 5.41) is 7.18. The molecule has 6 heteroatoms. The molecular formula is C21H29ClN4O. The first-order valence-corrected chi connectivity index (χ1v) is 9.87. The number of rotatable bonds is 10. The molecule has 27 heavy (non-hydrogen) atoms. The van der Waals surface area contributed by atoms with E-state index in [-0.39, 0.29) is 0 Å². The summed E-state index contributed by atoms with van der Waals surface area (Å²) in [7, 11) is 0. The Bertz CT molecular complexity index is 704. The number of ether oxygens (including phenoxy) is 1. The SMILES string of the molecule is CCCOCc1ccccc1CN=C(NCC)NCCc1ccc(Cl)nc1. The first kappa shape index (κ1) is 21.2. The second-order valence-corrected chi connectivity index (χ2v) is 6.57. The molecule has 0 spiro atoms. The highest BCUT2D eigenvalue weighted by atomic mass is 35.5. The van der Waals surface area contributed by atoms with Crippen LogP contribution in [0.25, 0.3) is 0 Å². The third-order valence-electron chi connectivity index (χ3n) is 3.97. The fourth-order valence-corrected chi connectivity index (χ4v) is 2.68. The van der Waals surface area contributed by atoms with E-state index < -0.39 is 0 Å². The second kappa shape index (κ2) is 12.3. The summed E-state index contributed by atoms with van der Waals surface area (Å²) in [5.41, 5.74) is 3.52. The largest absolute Gasteiger partial charge is 0.377 e. The van der Waals surface area contributed by atoms with E-state index in [4.69, 9.17) is 21.3 Å². The Morgan fingerprint density at radius 2 is 1.93 bits per heavy atom. The number of benzene rings is 1. The van der Waals surface area contributed by atoms with Gasteiger partial charge in [0.2, 0.25) is 0 Å². The monoisotopic (exact) mass is 388 g/mol. The van der Waals surface area contributed by atoms with Crippen LogP contribution in [0.1, 0.15) is 37.0 Å². The van der Waals surface area contributed by atoms with Gasteiger partial charge in [0.15, 0.2) is 5.96 Å². The van der Waals surface area contributed by atoms with Crippen molar-refractivity contribution < 1.29 is 4.74 Å². The molecule has 5 nitrogen and oxygen atoms in total. The second-order valence-electron chi connectivity index (χ2n) is 6.18. The van der Waals surface area contributed by atoms with Crippen molar-refractivity contribution in [2.45, 2.75) is 39.8 Å². The van der Waals surface area contributed by atoms with Gasteiger partial charge in [0.25, 0.3) is 0 Å².